The number of amides is 2. The Morgan fingerprint density at radius 2 is 2.07 bits per heavy atom. The first kappa shape index (κ1) is 19.8. The molecule has 0 saturated carbocycles. The van der Waals surface area contributed by atoms with E-state index in [2.05, 4.69) is 15.6 Å². The van der Waals surface area contributed by atoms with Crippen LogP contribution in [0.1, 0.15) is 13.8 Å². The zero-order valence-electron chi connectivity index (χ0n) is 15.8. The van der Waals surface area contributed by atoms with Gasteiger partial charge in [0.15, 0.2) is 5.82 Å². The van der Waals surface area contributed by atoms with E-state index < -0.39 is 23.9 Å². The highest BCUT2D eigenvalue weighted by Crippen LogP contribution is 2.25. The third-order valence-corrected chi connectivity index (χ3v) is 4.31. The minimum Gasteiger partial charge on any atom is -0.464 e. The molecule has 1 fully saturated rings. The van der Waals surface area contributed by atoms with Crippen molar-refractivity contribution in [1.29, 1.82) is 0 Å². The molecule has 9 heteroatoms. The van der Waals surface area contributed by atoms with Crippen LogP contribution in [0.2, 0.25) is 0 Å². The highest BCUT2D eigenvalue weighted by Gasteiger charge is 2.18. The molecule has 1 aromatic carbocycles. The summed E-state index contributed by atoms with van der Waals surface area (Å²) in [5, 5.41) is 5.54. The Balaban J connectivity index is 1.72. The van der Waals surface area contributed by atoms with Gasteiger partial charge in [-0.3, -0.25) is 0 Å². The molecule has 1 aliphatic heterocycles. The van der Waals surface area contributed by atoms with Gasteiger partial charge in [0.25, 0.3) is 0 Å². The van der Waals surface area contributed by atoms with Crippen molar-refractivity contribution in [2.24, 2.45) is 0 Å². The van der Waals surface area contributed by atoms with Crippen molar-refractivity contribution in [3.8, 4) is 0 Å². The molecule has 8 nitrogen and oxygen atoms in total. The molecule has 3 rings (SSSR count). The molecule has 0 aliphatic carbocycles. The first-order valence-electron chi connectivity index (χ1n) is 9.15. The third kappa shape index (κ3) is 4.66. The van der Waals surface area contributed by atoms with Gasteiger partial charge in [-0.15, -0.1) is 0 Å². The van der Waals surface area contributed by atoms with Crippen LogP contribution in [0.25, 0.3) is 10.9 Å². The lowest BCUT2D eigenvalue weighted by molar-refractivity contribution is -0.144. The van der Waals surface area contributed by atoms with Crippen LogP contribution in [-0.4, -0.2) is 55.9 Å². The van der Waals surface area contributed by atoms with Crippen LogP contribution in [0.4, 0.5) is 20.7 Å². The summed E-state index contributed by atoms with van der Waals surface area (Å²) in [6.45, 7) is 6.06. The van der Waals surface area contributed by atoms with Crippen LogP contribution >= 0.6 is 0 Å². The monoisotopic (exact) mass is 390 g/mol. The maximum absolute atomic E-state index is 14.6. The highest BCUT2D eigenvalue weighted by atomic mass is 19.1. The predicted molar refractivity (Wildman–Crippen MR) is 103 cm³/mol. The number of ether oxygens (including phenoxy) is 2. The number of rotatable bonds is 5. The second-order valence-corrected chi connectivity index (χ2v) is 6.37. The Morgan fingerprint density at radius 1 is 1.32 bits per heavy atom. The Hall–Kier alpha value is -2.94. The predicted octanol–water partition coefficient (Wildman–Crippen LogP) is 2.28. The number of hydrogen-bond acceptors (Lipinski definition) is 6. The highest BCUT2D eigenvalue weighted by molar-refractivity contribution is 5.95. The van der Waals surface area contributed by atoms with Crippen molar-refractivity contribution in [1.82, 2.24) is 10.3 Å². The molecule has 2 heterocycles. The number of urea groups is 1. The number of halogens is 1. The number of benzene rings is 1. The number of carbonyl (C=O) groups is 2. The topological polar surface area (TPSA) is 92.8 Å². The number of nitrogens with one attached hydrogen (secondary N) is 2. The number of fused-ring (bicyclic) bond motifs is 1. The summed E-state index contributed by atoms with van der Waals surface area (Å²) in [6.07, 6.45) is 0. The zero-order valence-corrected chi connectivity index (χ0v) is 15.8. The summed E-state index contributed by atoms with van der Waals surface area (Å²) in [4.78, 5) is 30.1. The van der Waals surface area contributed by atoms with Gasteiger partial charge in [0.2, 0.25) is 0 Å². The second kappa shape index (κ2) is 8.83. The Labute approximate surface area is 162 Å². The van der Waals surface area contributed by atoms with Gasteiger partial charge in [-0.2, -0.15) is 0 Å². The number of nitrogens with zero attached hydrogens (tertiary/aromatic N) is 2. The molecule has 1 saturated heterocycles. The molecule has 2 aromatic rings. The molecule has 1 atom stereocenters. The molecule has 0 bridgehead atoms. The van der Waals surface area contributed by atoms with E-state index in [4.69, 9.17) is 9.47 Å². The second-order valence-electron chi connectivity index (χ2n) is 6.37. The van der Waals surface area contributed by atoms with Gasteiger partial charge in [0.1, 0.15) is 17.4 Å². The number of pyridine rings is 1. The van der Waals surface area contributed by atoms with Crippen molar-refractivity contribution in [3.63, 3.8) is 0 Å². The first-order valence-corrected chi connectivity index (χ1v) is 9.15. The van der Waals surface area contributed by atoms with E-state index in [0.29, 0.717) is 37.5 Å². The van der Waals surface area contributed by atoms with Crippen molar-refractivity contribution < 1.29 is 23.5 Å². The van der Waals surface area contributed by atoms with E-state index >= 15 is 0 Å². The minimum atomic E-state index is -0.817. The number of esters is 1. The molecular weight excluding hydrogens is 367 g/mol. The molecular formula is C19H23FN4O4. The van der Waals surface area contributed by atoms with Gasteiger partial charge in [-0.05, 0) is 38.1 Å². The van der Waals surface area contributed by atoms with E-state index in [1.165, 1.54) is 13.0 Å². The molecule has 1 aliphatic rings. The van der Waals surface area contributed by atoms with Crippen molar-refractivity contribution in [3.05, 3.63) is 30.1 Å². The molecule has 0 spiro atoms. The normalized spacial score (nSPS) is 15.2. The largest absolute Gasteiger partial charge is 0.464 e. The summed E-state index contributed by atoms with van der Waals surface area (Å²) < 4.78 is 24.7. The van der Waals surface area contributed by atoms with Crippen LogP contribution in [-0.2, 0) is 14.3 Å². The van der Waals surface area contributed by atoms with Gasteiger partial charge in [0.05, 0.1) is 19.8 Å². The molecule has 28 heavy (non-hydrogen) atoms. The maximum Gasteiger partial charge on any atom is 0.328 e. The van der Waals surface area contributed by atoms with Gasteiger partial charge in [-0.25, -0.2) is 19.0 Å². The van der Waals surface area contributed by atoms with Crippen LogP contribution in [0.5, 0.6) is 0 Å². The molecule has 2 amide bonds. The fourth-order valence-corrected chi connectivity index (χ4v) is 2.91. The lowest BCUT2D eigenvalue weighted by Gasteiger charge is -2.28. The Kier molecular flexibility index (Phi) is 6.25. The quantitative estimate of drug-likeness (QED) is 0.761. The SMILES string of the molecule is CCOC(=O)[C@H](C)NC(=O)Nc1cc(F)c2nc(N3CCOCC3)ccc2c1. The van der Waals surface area contributed by atoms with Gasteiger partial charge in [0, 0.05) is 24.2 Å². The van der Waals surface area contributed by atoms with Crippen molar-refractivity contribution in [2.75, 3.05) is 43.1 Å². The van der Waals surface area contributed by atoms with Gasteiger partial charge < -0.3 is 25.0 Å². The fraction of sp³-hybridized carbons (Fsp3) is 0.421. The van der Waals surface area contributed by atoms with Crippen LogP contribution < -0.4 is 15.5 Å². The van der Waals surface area contributed by atoms with E-state index in [1.54, 1.807) is 19.1 Å². The van der Waals surface area contributed by atoms with Gasteiger partial charge >= 0.3 is 12.0 Å². The Bertz CT molecular complexity index is 870. The van der Waals surface area contributed by atoms with E-state index in [0.717, 1.165) is 0 Å². The van der Waals surface area contributed by atoms with Crippen LogP contribution in [0.3, 0.4) is 0 Å². The van der Waals surface area contributed by atoms with E-state index in [1.807, 2.05) is 11.0 Å². The fourth-order valence-electron chi connectivity index (χ4n) is 2.91. The maximum atomic E-state index is 14.6. The lowest BCUT2D eigenvalue weighted by Crippen LogP contribution is -2.41. The summed E-state index contributed by atoms with van der Waals surface area (Å²) in [6, 6.07) is 4.97. The van der Waals surface area contributed by atoms with Crippen LogP contribution in [0.15, 0.2) is 24.3 Å². The minimum absolute atomic E-state index is 0.224. The van der Waals surface area contributed by atoms with Gasteiger partial charge in [-0.1, -0.05) is 0 Å². The first-order chi connectivity index (χ1) is 13.5. The van der Waals surface area contributed by atoms with E-state index in [-0.39, 0.29) is 17.8 Å². The summed E-state index contributed by atoms with van der Waals surface area (Å²) in [5.41, 5.74) is 0.495. The van der Waals surface area contributed by atoms with Crippen LogP contribution in [0, 0.1) is 5.82 Å². The Morgan fingerprint density at radius 3 is 2.79 bits per heavy atom. The number of anilines is 2. The average molecular weight is 390 g/mol. The molecule has 0 radical (unpaired) electrons. The standard InChI is InChI=1S/C19H23FN4O4/c1-3-28-18(25)12(2)21-19(26)22-14-10-13-4-5-16(23-17(13)15(20)11-14)24-6-8-27-9-7-24/h4-5,10-12H,3,6-9H2,1-2H3,(H2,21,22,26)/t12-/m0/s1. The molecule has 150 valence electrons. The van der Waals surface area contributed by atoms with Crippen molar-refractivity contribution in [2.45, 2.75) is 19.9 Å². The summed E-state index contributed by atoms with van der Waals surface area (Å²) in [7, 11) is 0. The average Bonchev–Trinajstić information content (AvgIpc) is 2.68. The zero-order chi connectivity index (χ0) is 20.1. The molecule has 2 N–H and O–H groups in total. The van der Waals surface area contributed by atoms with E-state index in [9.17, 15) is 14.0 Å². The smallest absolute Gasteiger partial charge is 0.328 e. The molecule has 1 aromatic heterocycles. The number of aromatic nitrogens is 1. The number of carbonyl (C=O) groups excluding carboxylic acids is 2. The van der Waals surface area contributed by atoms with Crippen molar-refractivity contribution >= 4 is 34.4 Å². The summed E-state index contributed by atoms with van der Waals surface area (Å²) in [5.74, 6) is -0.389. The summed E-state index contributed by atoms with van der Waals surface area (Å²) >= 11 is 0. The number of morpholine rings is 1. The lowest BCUT2D eigenvalue weighted by atomic mass is 10.2. The number of hydrogen-bond donors (Lipinski definition) is 2. The third-order valence-electron chi connectivity index (χ3n) is 4.31. The molecule has 0 unspecified atom stereocenters.